The molecule has 1 saturated heterocycles. The van der Waals surface area contributed by atoms with Gasteiger partial charge in [0.15, 0.2) is 6.10 Å². The van der Waals surface area contributed by atoms with Gasteiger partial charge in [0.25, 0.3) is 5.91 Å². The number of rotatable bonds is 5. The summed E-state index contributed by atoms with van der Waals surface area (Å²) in [5.74, 6) is 0.454. The molecule has 0 N–H and O–H groups in total. The van der Waals surface area contributed by atoms with E-state index in [1.807, 2.05) is 11.0 Å². The Morgan fingerprint density at radius 3 is 2.42 bits per heavy atom. The molecule has 26 heavy (non-hydrogen) atoms. The van der Waals surface area contributed by atoms with Crippen LogP contribution in [0.4, 0.5) is 0 Å². The number of ether oxygens (including phenoxy) is 1. The Labute approximate surface area is 164 Å². The molecule has 1 aliphatic heterocycles. The third-order valence-corrected chi connectivity index (χ3v) is 5.01. The lowest BCUT2D eigenvalue weighted by Crippen LogP contribution is -2.51. The normalized spacial score (nSPS) is 16.3. The Bertz CT molecular complexity index is 747. The fourth-order valence-corrected chi connectivity index (χ4v) is 3.49. The molecule has 2 aromatic carbocycles. The van der Waals surface area contributed by atoms with Crippen molar-refractivity contribution in [2.45, 2.75) is 19.6 Å². The number of hydrogen-bond donors (Lipinski definition) is 0. The second-order valence-electron chi connectivity index (χ2n) is 6.42. The van der Waals surface area contributed by atoms with Crippen molar-refractivity contribution in [1.82, 2.24) is 9.80 Å². The van der Waals surface area contributed by atoms with Gasteiger partial charge in [-0.25, -0.2) is 0 Å². The summed E-state index contributed by atoms with van der Waals surface area (Å²) in [4.78, 5) is 16.9. The van der Waals surface area contributed by atoms with Crippen LogP contribution in [-0.4, -0.2) is 48.0 Å². The number of hydrogen-bond acceptors (Lipinski definition) is 3. The molecule has 1 aliphatic rings. The van der Waals surface area contributed by atoms with E-state index >= 15 is 0 Å². The minimum absolute atomic E-state index is 0.0182. The van der Waals surface area contributed by atoms with Gasteiger partial charge in [-0.2, -0.15) is 0 Å². The van der Waals surface area contributed by atoms with E-state index in [-0.39, 0.29) is 5.91 Å². The molecule has 0 aliphatic carbocycles. The van der Waals surface area contributed by atoms with Crippen molar-refractivity contribution in [3.63, 3.8) is 0 Å². The van der Waals surface area contributed by atoms with Crippen LogP contribution in [0.15, 0.2) is 48.5 Å². The lowest BCUT2D eigenvalue weighted by Gasteiger charge is -2.36. The minimum atomic E-state index is -0.589. The highest BCUT2D eigenvalue weighted by Gasteiger charge is 2.26. The van der Waals surface area contributed by atoms with Crippen molar-refractivity contribution >= 4 is 29.1 Å². The molecular formula is C20H22Cl2N2O2. The average Bonchev–Trinajstić information content (AvgIpc) is 2.65. The van der Waals surface area contributed by atoms with Gasteiger partial charge in [-0.1, -0.05) is 53.5 Å². The van der Waals surface area contributed by atoms with E-state index < -0.39 is 6.10 Å². The Hall–Kier alpha value is -1.75. The van der Waals surface area contributed by atoms with Gasteiger partial charge < -0.3 is 9.64 Å². The van der Waals surface area contributed by atoms with Crippen LogP contribution in [0.2, 0.25) is 10.0 Å². The van der Waals surface area contributed by atoms with E-state index in [1.54, 1.807) is 25.1 Å². The summed E-state index contributed by atoms with van der Waals surface area (Å²) in [7, 11) is 0. The van der Waals surface area contributed by atoms with Crippen LogP contribution in [-0.2, 0) is 11.3 Å². The number of nitrogens with zero attached hydrogens (tertiary/aromatic N) is 2. The Kier molecular flexibility index (Phi) is 6.41. The summed E-state index contributed by atoms with van der Waals surface area (Å²) in [6.45, 7) is 5.78. The lowest BCUT2D eigenvalue weighted by molar-refractivity contribution is -0.139. The van der Waals surface area contributed by atoms with Gasteiger partial charge in [0.1, 0.15) is 5.75 Å². The van der Waals surface area contributed by atoms with Gasteiger partial charge in [-0.05, 0) is 30.7 Å². The first-order valence-corrected chi connectivity index (χ1v) is 9.45. The van der Waals surface area contributed by atoms with Crippen LogP contribution < -0.4 is 4.74 Å². The number of benzene rings is 2. The summed E-state index contributed by atoms with van der Waals surface area (Å²) in [5, 5.41) is 0.945. The number of piperazine rings is 1. The monoisotopic (exact) mass is 392 g/mol. The molecule has 6 heteroatoms. The predicted octanol–water partition coefficient (Wildman–Crippen LogP) is 4.11. The van der Waals surface area contributed by atoms with Crippen molar-refractivity contribution in [2.75, 3.05) is 26.2 Å². The summed E-state index contributed by atoms with van der Waals surface area (Å²) >= 11 is 12.0. The van der Waals surface area contributed by atoms with E-state index in [0.717, 1.165) is 19.6 Å². The smallest absolute Gasteiger partial charge is 0.263 e. The summed E-state index contributed by atoms with van der Waals surface area (Å²) < 4.78 is 5.74. The molecule has 0 spiro atoms. The molecule has 138 valence electrons. The highest BCUT2D eigenvalue weighted by Crippen LogP contribution is 2.28. The summed E-state index contributed by atoms with van der Waals surface area (Å²) in [5.41, 5.74) is 1.29. The maximum atomic E-state index is 12.7. The minimum Gasteiger partial charge on any atom is -0.479 e. The third-order valence-electron chi connectivity index (χ3n) is 4.48. The van der Waals surface area contributed by atoms with Gasteiger partial charge in [0.05, 0.1) is 5.02 Å². The fourth-order valence-electron chi connectivity index (χ4n) is 3.04. The van der Waals surface area contributed by atoms with E-state index in [2.05, 4.69) is 29.2 Å². The molecule has 1 atom stereocenters. The van der Waals surface area contributed by atoms with Crippen LogP contribution in [0.5, 0.6) is 5.75 Å². The number of amides is 1. The molecule has 1 amide bonds. The largest absolute Gasteiger partial charge is 0.479 e. The van der Waals surface area contributed by atoms with Gasteiger partial charge in [-0.15, -0.1) is 0 Å². The second kappa shape index (κ2) is 8.76. The Morgan fingerprint density at radius 2 is 1.77 bits per heavy atom. The highest BCUT2D eigenvalue weighted by molar-refractivity contribution is 6.35. The summed E-state index contributed by atoms with van der Waals surface area (Å²) in [6.07, 6.45) is -0.589. The Morgan fingerprint density at radius 1 is 1.08 bits per heavy atom. The molecule has 0 saturated carbocycles. The van der Waals surface area contributed by atoms with Gasteiger partial charge in [0, 0.05) is 37.7 Å². The van der Waals surface area contributed by atoms with Gasteiger partial charge in [0.2, 0.25) is 0 Å². The molecule has 2 aromatic rings. The van der Waals surface area contributed by atoms with Crippen molar-refractivity contribution < 1.29 is 9.53 Å². The van der Waals surface area contributed by atoms with E-state index in [0.29, 0.717) is 28.9 Å². The second-order valence-corrected chi connectivity index (χ2v) is 7.27. The number of halogens is 2. The van der Waals surface area contributed by atoms with Crippen molar-refractivity contribution in [1.29, 1.82) is 0 Å². The van der Waals surface area contributed by atoms with Gasteiger partial charge in [-0.3, -0.25) is 9.69 Å². The SMILES string of the molecule is C[C@H](Oc1ccc(Cl)cc1Cl)C(=O)N1CCN(Cc2ccccc2)CC1. The quantitative estimate of drug-likeness (QED) is 0.767. The molecule has 0 aromatic heterocycles. The molecule has 1 heterocycles. The lowest BCUT2D eigenvalue weighted by atomic mass is 10.2. The van der Waals surface area contributed by atoms with Crippen molar-refractivity contribution in [2.24, 2.45) is 0 Å². The van der Waals surface area contributed by atoms with Gasteiger partial charge >= 0.3 is 0 Å². The standard InChI is InChI=1S/C20H22Cl2N2O2/c1-15(26-19-8-7-17(21)13-18(19)22)20(25)24-11-9-23(10-12-24)14-16-5-3-2-4-6-16/h2-8,13,15H,9-12,14H2,1H3/t15-/m0/s1. The van der Waals surface area contributed by atoms with Crippen LogP contribution >= 0.6 is 23.2 Å². The first-order valence-electron chi connectivity index (χ1n) is 8.69. The number of carbonyl (C=O) groups is 1. The maximum absolute atomic E-state index is 12.7. The molecule has 3 rings (SSSR count). The molecule has 4 nitrogen and oxygen atoms in total. The number of carbonyl (C=O) groups excluding carboxylic acids is 1. The Balaban J connectivity index is 1.51. The summed E-state index contributed by atoms with van der Waals surface area (Å²) in [6, 6.07) is 15.4. The fraction of sp³-hybridized carbons (Fsp3) is 0.350. The third kappa shape index (κ3) is 4.91. The predicted molar refractivity (Wildman–Crippen MR) is 105 cm³/mol. The maximum Gasteiger partial charge on any atom is 0.263 e. The molecule has 1 fully saturated rings. The average molecular weight is 393 g/mol. The first kappa shape index (κ1) is 19.0. The zero-order valence-electron chi connectivity index (χ0n) is 14.7. The first-order chi connectivity index (χ1) is 12.5. The van der Waals surface area contributed by atoms with Crippen LogP contribution in [0.25, 0.3) is 0 Å². The van der Waals surface area contributed by atoms with Crippen LogP contribution in [0.3, 0.4) is 0 Å². The molecular weight excluding hydrogens is 371 g/mol. The van der Waals surface area contributed by atoms with Crippen molar-refractivity contribution in [3.05, 3.63) is 64.1 Å². The van der Waals surface area contributed by atoms with Crippen LogP contribution in [0.1, 0.15) is 12.5 Å². The molecule has 0 unspecified atom stereocenters. The zero-order chi connectivity index (χ0) is 18.5. The van der Waals surface area contributed by atoms with Crippen LogP contribution in [0, 0.1) is 0 Å². The highest BCUT2D eigenvalue weighted by atomic mass is 35.5. The molecule has 0 radical (unpaired) electrons. The topological polar surface area (TPSA) is 32.8 Å². The van der Waals surface area contributed by atoms with E-state index in [4.69, 9.17) is 27.9 Å². The molecule has 0 bridgehead atoms. The zero-order valence-corrected chi connectivity index (χ0v) is 16.2. The van der Waals surface area contributed by atoms with Crippen molar-refractivity contribution in [3.8, 4) is 5.75 Å². The van der Waals surface area contributed by atoms with E-state index in [1.165, 1.54) is 5.56 Å². The van der Waals surface area contributed by atoms with E-state index in [9.17, 15) is 4.79 Å².